The number of ether oxygens (including phenoxy) is 1. The Bertz CT molecular complexity index is 1090. The molecule has 2 saturated heterocycles. The largest absolute Gasteiger partial charge is 0.495 e. The van der Waals surface area contributed by atoms with Crippen LogP contribution in [0.5, 0.6) is 5.75 Å². The molecule has 1 aliphatic carbocycles. The summed E-state index contributed by atoms with van der Waals surface area (Å²) in [4.78, 5) is 11.5. The summed E-state index contributed by atoms with van der Waals surface area (Å²) in [6, 6.07) is 3.61. The molecule has 160 valence electrons. The zero-order valence-corrected chi connectivity index (χ0v) is 18.0. The van der Waals surface area contributed by atoms with E-state index in [4.69, 9.17) is 9.72 Å². The predicted octanol–water partition coefficient (Wildman–Crippen LogP) is 2.18. The molecule has 2 aliphatic heterocycles. The van der Waals surface area contributed by atoms with Crippen molar-refractivity contribution in [1.82, 2.24) is 14.3 Å². The molecule has 7 nitrogen and oxygen atoms in total. The topological polar surface area (TPSA) is 75.6 Å². The Hall–Kier alpha value is -2.26. The molecule has 2 unspecified atom stereocenters. The van der Waals surface area contributed by atoms with E-state index in [-0.39, 0.29) is 22.5 Å². The number of hydrogen-bond donors (Lipinski definition) is 0. The quantitative estimate of drug-likeness (QED) is 0.737. The fourth-order valence-electron chi connectivity index (χ4n) is 5.11. The summed E-state index contributed by atoms with van der Waals surface area (Å²) in [7, 11) is -2.43. The van der Waals surface area contributed by atoms with Crippen molar-refractivity contribution in [2.45, 2.75) is 31.1 Å². The highest BCUT2D eigenvalue weighted by atomic mass is 32.2. The Kier molecular flexibility index (Phi) is 4.70. The molecular weight excluding hydrogens is 407 g/mol. The second kappa shape index (κ2) is 7.16. The van der Waals surface area contributed by atoms with Gasteiger partial charge < -0.3 is 9.64 Å². The first-order valence-corrected chi connectivity index (χ1v) is 11.8. The zero-order chi connectivity index (χ0) is 21.0. The summed E-state index contributed by atoms with van der Waals surface area (Å²) in [5.41, 5.74) is 2.42. The number of halogens is 1. The van der Waals surface area contributed by atoms with Crippen LogP contribution in [0.2, 0.25) is 0 Å². The highest BCUT2D eigenvalue weighted by molar-refractivity contribution is 7.89. The minimum Gasteiger partial charge on any atom is -0.495 e. The van der Waals surface area contributed by atoms with Crippen LogP contribution in [0.25, 0.3) is 0 Å². The minimum absolute atomic E-state index is 0.105. The van der Waals surface area contributed by atoms with E-state index in [0.717, 1.165) is 55.8 Å². The molecule has 0 saturated carbocycles. The predicted molar refractivity (Wildman–Crippen MR) is 110 cm³/mol. The first-order chi connectivity index (χ1) is 14.4. The van der Waals surface area contributed by atoms with E-state index >= 15 is 0 Å². The maximum atomic E-state index is 13.8. The molecule has 3 aliphatic rings. The molecule has 30 heavy (non-hydrogen) atoms. The van der Waals surface area contributed by atoms with Crippen LogP contribution in [0.15, 0.2) is 23.1 Å². The third-order valence-electron chi connectivity index (χ3n) is 6.52. The van der Waals surface area contributed by atoms with Gasteiger partial charge in [0.25, 0.3) is 0 Å². The molecule has 0 bridgehead atoms. The average molecular weight is 433 g/mol. The van der Waals surface area contributed by atoms with Crippen LogP contribution < -0.4 is 9.64 Å². The van der Waals surface area contributed by atoms with Gasteiger partial charge in [-0.25, -0.2) is 22.8 Å². The van der Waals surface area contributed by atoms with Gasteiger partial charge in [0.2, 0.25) is 10.0 Å². The van der Waals surface area contributed by atoms with Gasteiger partial charge in [-0.15, -0.1) is 0 Å². The second-order valence-electron chi connectivity index (χ2n) is 8.42. The zero-order valence-electron chi connectivity index (χ0n) is 17.1. The van der Waals surface area contributed by atoms with Crippen molar-refractivity contribution < 1.29 is 17.5 Å². The lowest BCUT2D eigenvalue weighted by Crippen LogP contribution is -2.34. The van der Waals surface area contributed by atoms with Gasteiger partial charge in [-0.05, 0) is 56.2 Å². The summed E-state index contributed by atoms with van der Waals surface area (Å²) in [6.07, 6.45) is 3.13. The summed E-state index contributed by atoms with van der Waals surface area (Å²) in [5, 5.41) is 0. The number of hydrogen-bond acceptors (Lipinski definition) is 6. The summed E-state index contributed by atoms with van der Waals surface area (Å²) >= 11 is 0. The maximum absolute atomic E-state index is 13.8. The molecule has 0 spiro atoms. The number of rotatable bonds is 4. The molecule has 0 N–H and O–H groups in total. The Morgan fingerprint density at radius 1 is 1.10 bits per heavy atom. The third-order valence-corrected chi connectivity index (χ3v) is 8.37. The lowest BCUT2D eigenvalue weighted by molar-refractivity contribution is 0.394. The summed E-state index contributed by atoms with van der Waals surface area (Å²) in [6.45, 7) is 4.34. The monoisotopic (exact) mass is 432 g/mol. The molecule has 0 radical (unpaired) electrons. The SMILES string of the molecule is COc1ccc(F)cc1S(=O)(=O)N1CC2CN(c3nc(C)nc4c3CCC4)CC2C1. The van der Waals surface area contributed by atoms with Gasteiger partial charge in [0.15, 0.2) is 0 Å². The highest BCUT2D eigenvalue weighted by Gasteiger charge is 2.45. The number of aryl methyl sites for hydroxylation is 2. The van der Waals surface area contributed by atoms with Crippen molar-refractivity contribution in [3.05, 3.63) is 41.1 Å². The molecule has 2 fully saturated rings. The number of anilines is 1. The molecule has 3 heterocycles. The van der Waals surface area contributed by atoms with Crippen molar-refractivity contribution in [3.8, 4) is 5.75 Å². The van der Waals surface area contributed by atoms with Crippen LogP contribution >= 0.6 is 0 Å². The van der Waals surface area contributed by atoms with E-state index in [9.17, 15) is 12.8 Å². The van der Waals surface area contributed by atoms with E-state index in [2.05, 4.69) is 9.88 Å². The van der Waals surface area contributed by atoms with E-state index in [0.29, 0.717) is 13.1 Å². The normalized spacial score (nSPS) is 23.6. The van der Waals surface area contributed by atoms with Gasteiger partial charge in [-0.2, -0.15) is 4.31 Å². The molecule has 1 aromatic carbocycles. The first-order valence-electron chi connectivity index (χ1n) is 10.3. The lowest BCUT2D eigenvalue weighted by atomic mass is 10.0. The van der Waals surface area contributed by atoms with Crippen LogP contribution in [0.3, 0.4) is 0 Å². The van der Waals surface area contributed by atoms with Gasteiger partial charge in [-0.3, -0.25) is 0 Å². The van der Waals surface area contributed by atoms with Gasteiger partial charge >= 0.3 is 0 Å². The fourth-order valence-corrected chi connectivity index (χ4v) is 6.83. The number of aromatic nitrogens is 2. The van der Waals surface area contributed by atoms with Gasteiger partial charge in [0.1, 0.15) is 28.1 Å². The molecule has 1 aromatic heterocycles. The van der Waals surface area contributed by atoms with E-state index < -0.39 is 15.8 Å². The van der Waals surface area contributed by atoms with Crippen LogP contribution in [0.1, 0.15) is 23.5 Å². The Morgan fingerprint density at radius 2 is 1.83 bits per heavy atom. The fraction of sp³-hybridized carbons (Fsp3) is 0.524. The smallest absolute Gasteiger partial charge is 0.246 e. The van der Waals surface area contributed by atoms with Crippen molar-refractivity contribution >= 4 is 15.8 Å². The molecule has 2 atom stereocenters. The molecular formula is C21H25FN4O3S. The maximum Gasteiger partial charge on any atom is 0.246 e. The molecule has 5 rings (SSSR count). The number of fused-ring (bicyclic) bond motifs is 2. The van der Waals surface area contributed by atoms with E-state index in [1.807, 2.05) is 6.92 Å². The second-order valence-corrected chi connectivity index (χ2v) is 10.3. The number of benzene rings is 1. The van der Waals surface area contributed by atoms with Crippen molar-refractivity contribution in [2.75, 3.05) is 38.2 Å². The summed E-state index contributed by atoms with van der Waals surface area (Å²) in [5.74, 6) is 1.86. The van der Waals surface area contributed by atoms with E-state index in [1.54, 1.807) is 0 Å². The van der Waals surface area contributed by atoms with Crippen molar-refractivity contribution in [3.63, 3.8) is 0 Å². The highest BCUT2D eigenvalue weighted by Crippen LogP contribution is 2.39. The first kappa shape index (κ1) is 19.7. The molecule has 0 amide bonds. The Balaban J connectivity index is 1.36. The van der Waals surface area contributed by atoms with Crippen molar-refractivity contribution in [2.24, 2.45) is 11.8 Å². The third kappa shape index (κ3) is 3.15. The van der Waals surface area contributed by atoms with Gasteiger partial charge in [0, 0.05) is 37.4 Å². The van der Waals surface area contributed by atoms with Gasteiger partial charge in [-0.1, -0.05) is 0 Å². The van der Waals surface area contributed by atoms with E-state index in [1.165, 1.54) is 29.1 Å². The van der Waals surface area contributed by atoms with Crippen LogP contribution in [-0.2, 0) is 22.9 Å². The Labute approximate surface area is 175 Å². The van der Waals surface area contributed by atoms with Crippen LogP contribution in [0.4, 0.5) is 10.2 Å². The number of sulfonamides is 1. The molecule has 9 heteroatoms. The minimum atomic E-state index is -3.82. The average Bonchev–Trinajstić information content (AvgIpc) is 3.41. The summed E-state index contributed by atoms with van der Waals surface area (Å²) < 4.78 is 46.8. The number of methoxy groups -OCH3 is 1. The lowest BCUT2D eigenvalue weighted by Gasteiger charge is -2.24. The standard InChI is InChI=1S/C21H25FN4O3S/c1-13-23-18-5-3-4-17(18)21(24-13)25-9-14-11-26(12-15(14)10-25)30(27,28)20-8-16(22)6-7-19(20)29-2/h6-8,14-15H,3-5,9-12H2,1-2H3. The van der Waals surface area contributed by atoms with Crippen LogP contribution in [0, 0.1) is 24.6 Å². The van der Waals surface area contributed by atoms with Crippen LogP contribution in [-0.4, -0.2) is 56.0 Å². The Morgan fingerprint density at radius 3 is 2.53 bits per heavy atom. The molecule has 2 aromatic rings. The van der Waals surface area contributed by atoms with Crippen molar-refractivity contribution in [1.29, 1.82) is 0 Å². The van der Waals surface area contributed by atoms with Gasteiger partial charge in [0.05, 0.1) is 7.11 Å². The number of nitrogens with zero attached hydrogens (tertiary/aromatic N) is 4.